The molecule has 3 heterocycles. The second kappa shape index (κ2) is 8.18. The van der Waals surface area contributed by atoms with Crippen LogP contribution in [0.2, 0.25) is 0 Å². The Labute approximate surface area is 186 Å². The highest BCUT2D eigenvalue weighted by Crippen LogP contribution is 2.48. The molecule has 0 bridgehead atoms. The molecule has 2 aliphatic rings. The molecule has 0 spiro atoms. The lowest BCUT2D eigenvalue weighted by atomic mass is 9.98. The van der Waals surface area contributed by atoms with Gasteiger partial charge in [-0.05, 0) is 43.3 Å². The number of nitrogens with one attached hydrogen (secondary N) is 1. The second-order valence-electron chi connectivity index (χ2n) is 7.87. The SMILES string of the molecule is Cc1ccc(S(=O)(=O)N[C@@H]2COC[C@H](N3c4ccccc4Oc4ccccc43)[C@H]2O)cn1. The number of benzene rings is 2. The van der Waals surface area contributed by atoms with Crippen LogP contribution < -0.4 is 14.4 Å². The minimum atomic E-state index is -3.88. The number of rotatable bonds is 4. The molecule has 0 unspecified atom stereocenters. The van der Waals surface area contributed by atoms with E-state index in [1.807, 2.05) is 53.4 Å². The number of aliphatic hydroxyl groups is 1. The lowest BCUT2D eigenvalue weighted by Crippen LogP contribution is -2.60. The van der Waals surface area contributed by atoms with E-state index < -0.39 is 28.2 Å². The number of hydrogen-bond acceptors (Lipinski definition) is 7. The van der Waals surface area contributed by atoms with Gasteiger partial charge in [0.2, 0.25) is 10.0 Å². The predicted octanol–water partition coefficient (Wildman–Crippen LogP) is 2.74. The van der Waals surface area contributed by atoms with Crippen molar-refractivity contribution in [3.8, 4) is 11.5 Å². The summed E-state index contributed by atoms with van der Waals surface area (Å²) in [4.78, 5) is 6.07. The van der Waals surface area contributed by atoms with Gasteiger partial charge in [-0.2, -0.15) is 0 Å². The molecular formula is C23H23N3O5S. The van der Waals surface area contributed by atoms with Crippen LogP contribution in [-0.2, 0) is 14.8 Å². The standard InChI is InChI=1S/C23H23N3O5S/c1-15-10-11-16(12-24-15)32(28,29)25-17-13-30-14-20(23(17)27)26-18-6-2-4-8-21(18)31-22-9-5-3-7-19(22)26/h2-12,17,20,23,25,27H,13-14H2,1H3/t17-,20+,23+/m1/s1. The quantitative estimate of drug-likeness (QED) is 0.626. The van der Waals surface area contributed by atoms with E-state index in [4.69, 9.17) is 9.47 Å². The van der Waals surface area contributed by atoms with E-state index >= 15 is 0 Å². The minimum Gasteiger partial charge on any atom is -0.453 e. The van der Waals surface area contributed by atoms with Crippen molar-refractivity contribution in [2.75, 3.05) is 18.1 Å². The monoisotopic (exact) mass is 453 g/mol. The molecule has 8 nitrogen and oxygen atoms in total. The van der Waals surface area contributed by atoms with Crippen LogP contribution in [0.25, 0.3) is 0 Å². The maximum atomic E-state index is 12.9. The van der Waals surface area contributed by atoms with E-state index in [0.717, 1.165) is 17.1 Å². The van der Waals surface area contributed by atoms with Crippen molar-refractivity contribution in [3.63, 3.8) is 0 Å². The third-order valence-electron chi connectivity index (χ3n) is 5.69. The molecule has 0 saturated carbocycles. The van der Waals surface area contributed by atoms with E-state index in [1.54, 1.807) is 13.0 Å². The van der Waals surface area contributed by atoms with Gasteiger partial charge in [0.05, 0.1) is 42.8 Å². The molecule has 3 aromatic rings. The Morgan fingerprint density at radius 2 is 1.66 bits per heavy atom. The van der Waals surface area contributed by atoms with Crippen molar-refractivity contribution in [1.29, 1.82) is 0 Å². The van der Waals surface area contributed by atoms with Gasteiger partial charge in [0.15, 0.2) is 11.5 Å². The summed E-state index contributed by atoms with van der Waals surface area (Å²) in [5.74, 6) is 1.32. The number of para-hydroxylation sites is 4. The molecule has 2 aromatic carbocycles. The first-order chi connectivity index (χ1) is 15.4. The fourth-order valence-electron chi connectivity index (χ4n) is 4.08. The third-order valence-corrected chi connectivity index (χ3v) is 7.17. The summed E-state index contributed by atoms with van der Waals surface area (Å²) in [6.45, 7) is 2.07. The molecule has 32 heavy (non-hydrogen) atoms. The zero-order chi connectivity index (χ0) is 22.3. The molecule has 2 aliphatic heterocycles. The van der Waals surface area contributed by atoms with Crippen LogP contribution in [-0.4, -0.2) is 49.9 Å². The highest BCUT2D eigenvalue weighted by molar-refractivity contribution is 7.89. The summed E-state index contributed by atoms with van der Waals surface area (Å²) in [7, 11) is -3.88. The van der Waals surface area contributed by atoms with Gasteiger partial charge in [-0.25, -0.2) is 13.1 Å². The van der Waals surface area contributed by atoms with Crippen molar-refractivity contribution in [3.05, 3.63) is 72.6 Å². The Kier molecular flexibility index (Phi) is 5.34. The second-order valence-corrected chi connectivity index (χ2v) is 9.58. The minimum absolute atomic E-state index is 0.0412. The first-order valence-corrected chi connectivity index (χ1v) is 11.8. The summed E-state index contributed by atoms with van der Waals surface area (Å²) < 4.78 is 40.2. The Morgan fingerprint density at radius 1 is 1.00 bits per heavy atom. The van der Waals surface area contributed by atoms with Crippen molar-refractivity contribution in [2.24, 2.45) is 0 Å². The van der Waals surface area contributed by atoms with Crippen molar-refractivity contribution in [2.45, 2.75) is 30.0 Å². The average molecular weight is 454 g/mol. The molecule has 9 heteroatoms. The first kappa shape index (κ1) is 20.9. The summed E-state index contributed by atoms with van der Waals surface area (Å²) in [6.07, 6.45) is 0.274. The molecule has 3 atom stereocenters. The molecule has 1 fully saturated rings. The molecule has 5 rings (SSSR count). The number of aryl methyl sites for hydroxylation is 1. The number of hydrogen-bond donors (Lipinski definition) is 2. The Bertz CT molecular complexity index is 1190. The van der Waals surface area contributed by atoms with E-state index in [9.17, 15) is 13.5 Å². The van der Waals surface area contributed by atoms with Crippen molar-refractivity contribution in [1.82, 2.24) is 9.71 Å². The van der Waals surface area contributed by atoms with Crippen molar-refractivity contribution >= 4 is 21.4 Å². The molecule has 0 radical (unpaired) electrons. The number of fused-ring (bicyclic) bond motifs is 2. The predicted molar refractivity (Wildman–Crippen MR) is 119 cm³/mol. The van der Waals surface area contributed by atoms with Crippen LogP contribution in [0, 0.1) is 6.92 Å². The molecule has 2 N–H and O–H groups in total. The van der Waals surface area contributed by atoms with E-state index in [0.29, 0.717) is 11.5 Å². The molecular weight excluding hydrogens is 430 g/mol. The first-order valence-electron chi connectivity index (χ1n) is 10.3. The molecule has 166 valence electrons. The van der Waals surface area contributed by atoms with Gasteiger partial charge in [-0.15, -0.1) is 0 Å². The van der Waals surface area contributed by atoms with Crippen LogP contribution in [0.5, 0.6) is 11.5 Å². The third kappa shape index (κ3) is 3.73. The normalized spacial score (nSPS) is 22.6. The zero-order valence-electron chi connectivity index (χ0n) is 17.4. The van der Waals surface area contributed by atoms with Gasteiger partial charge < -0.3 is 19.5 Å². The molecule has 0 amide bonds. The van der Waals surface area contributed by atoms with E-state index in [-0.39, 0.29) is 18.1 Å². The number of pyridine rings is 1. The number of aliphatic hydroxyl groups excluding tert-OH is 1. The lowest BCUT2D eigenvalue weighted by Gasteiger charge is -2.44. The smallest absolute Gasteiger partial charge is 0.242 e. The van der Waals surface area contributed by atoms with Gasteiger partial charge in [-0.3, -0.25) is 4.98 Å². The maximum Gasteiger partial charge on any atom is 0.242 e. The zero-order valence-corrected chi connectivity index (χ0v) is 18.2. The largest absolute Gasteiger partial charge is 0.453 e. The molecule has 1 saturated heterocycles. The van der Waals surface area contributed by atoms with Gasteiger partial charge in [-0.1, -0.05) is 24.3 Å². The topological polar surface area (TPSA) is 101 Å². The summed E-state index contributed by atoms with van der Waals surface area (Å²) >= 11 is 0. The van der Waals surface area contributed by atoms with Crippen molar-refractivity contribution < 1.29 is 23.0 Å². The fourth-order valence-corrected chi connectivity index (χ4v) is 5.26. The fraction of sp³-hybridized carbons (Fsp3) is 0.261. The number of anilines is 2. The average Bonchev–Trinajstić information content (AvgIpc) is 2.79. The highest BCUT2D eigenvalue weighted by atomic mass is 32.2. The number of nitrogens with zero attached hydrogens (tertiary/aromatic N) is 2. The van der Waals surface area contributed by atoms with Crippen LogP contribution >= 0.6 is 0 Å². The van der Waals surface area contributed by atoms with Gasteiger partial charge in [0.1, 0.15) is 4.90 Å². The lowest BCUT2D eigenvalue weighted by molar-refractivity contribution is -0.0244. The summed E-state index contributed by atoms with van der Waals surface area (Å²) in [5.41, 5.74) is 2.28. The summed E-state index contributed by atoms with van der Waals surface area (Å²) in [5, 5.41) is 11.3. The molecule has 1 aromatic heterocycles. The van der Waals surface area contributed by atoms with Gasteiger partial charge in [0.25, 0.3) is 0 Å². The van der Waals surface area contributed by atoms with Gasteiger partial charge >= 0.3 is 0 Å². The Balaban J connectivity index is 1.46. The van der Waals surface area contributed by atoms with Gasteiger partial charge in [0, 0.05) is 11.9 Å². The number of aromatic nitrogens is 1. The van der Waals surface area contributed by atoms with Crippen LogP contribution in [0.1, 0.15) is 5.69 Å². The van der Waals surface area contributed by atoms with E-state index in [2.05, 4.69) is 9.71 Å². The maximum absolute atomic E-state index is 12.9. The van der Waals surface area contributed by atoms with E-state index in [1.165, 1.54) is 12.3 Å². The van der Waals surface area contributed by atoms with Crippen LogP contribution in [0.15, 0.2) is 71.8 Å². The summed E-state index contributed by atoms with van der Waals surface area (Å²) in [6, 6.07) is 16.8. The van der Waals surface area contributed by atoms with Crippen LogP contribution in [0.4, 0.5) is 11.4 Å². The highest BCUT2D eigenvalue weighted by Gasteiger charge is 2.41. The Hall–Kier alpha value is -2.98. The van der Waals surface area contributed by atoms with Crippen LogP contribution in [0.3, 0.4) is 0 Å². The Morgan fingerprint density at radius 3 is 2.28 bits per heavy atom. The number of sulfonamides is 1. The number of ether oxygens (including phenoxy) is 2. The molecule has 0 aliphatic carbocycles.